The van der Waals surface area contributed by atoms with Gasteiger partial charge < -0.3 is 5.73 Å². The van der Waals surface area contributed by atoms with Crippen LogP contribution in [0.5, 0.6) is 0 Å². The number of rotatable bonds is 4. The van der Waals surface area contributed by atoms with Crippen LogP contribution in [-0.2, 0) is 10.0 Å². The molecule has 0 aliphatic heterocycles. The summed E-state index contributed by atoms with van der Waals surface area (Å²) in [6.45, 7) is 3.98. The number of nitrogens with zero attached hydrogens (tertiary/aromatic N) is 2. The van der Waals surface area contributed by atoms with Crippen molar-refractivity contribution < 1.29 is 8.42 Å². The van der Waals surface area contributed by atoms with E-state index in [1.165, 1.54) is 22.8 Å². The predicted molar refractivity (Wildman–Crippen MR) is 80.0 cm³/mol. The van der Waals surface area contributed by atoms with E-state index in [-0.39, 0.29) is 10.6 Å². The van der Waals surface area contributed by atoms with Gasteiger partial charge in [-0.2, -0.15) is 0 Å². The molecule has 20 heavy (non-hydrogen) atoms. The van der Waals surface area contributed by atoms with Crippen molar-refractivity contribution in [3.05, 3.63) is 48.3 Å². The number of anilines is 2. The summed E-state index contributed by atoms with van der Waals surface area (Å²) in [4.78, 5) is 3.89. The van der Waals surface area contributed by atoms with Gasteiger partial charge in [-0.05, 0) is 31.5 Å². The van der Waals surface area contributed by atoms with Crippen LogP contribution in [0.2, 0.25) is 0 Å². The molecular formula is C14H17N3O2S. The van der Waals surface area contributed by atoms with E-state index >= 15 is 0 Å². The number of nitrogens with two attached hydrogens (primary N) is 1. The molecule has 0 fully saturated rings. The molecule has 2 N–H and O–H groups in total. The zero-order chi connectivity index (χ0) is 14.8. The number of para-hydroxylation sites is 1. The van der Waals surface area contributed by atoms with Crippen molar-refractivity contribution in [2.24, 2.45) is 0 Å². The van der Waals surface area contributed by atoms with Gasteiger partial charge in [0, 0.05) is 18.9 Å². The summed E-state index contributed by atoms with van der Waals surface area (Å²) in [7, 11) is -3.71. The monoisotopic (exact) mass is 291 g/mol. The minimum Gasteiger partial charge on any atom is -0.398 e. The first-order chi connectivity index (χ1) is 9.48. The van der Waals surface area contributed by atoms with Gasteiger partial charge in [0.15, 0.2) is 0 Å². The summed E-state index contributed by atoms with van der Waals surface area (Å²) in [6.07, 6.45) is 2.75. The molecule has 2 rings (SSSR count). The third-order valence-corrected chi connectivity index (χ3v) is 4.99. The lowest BCUT2D eigenvalue weighted by molar-refractivity contribution is 0.591. The zero-order valence-corrected chi connectivity index (χ0v) is 12.3. The Morgan fingerprint density at radius 2 is 1.95 bits per heavy atom. The number of sulfonamides is 1. The van der Waals surface area contributed by atoms with E-state index in [4.69, 9.17) is 5.73 Å². The maximum absolute atomic E-state index is 12.7. The van der Waals surface area contributed by atoms with Gasteiger partial charge in [-0.1, -0.05) is 18.2 Å². The second kappa shape index (κ2) is 5.50. The van der Waals surface area contributed by atoms with Gasteiger partial charge in [0.1, 0.15) is 4.90 Å². The number of pyridine rings is 1. The molecule has 0 aliphatic rings. The van der Waals surface area contributed by atoms with Crippen LogP contribution in [-0.4, -0.2) is 19.9 Å². The van der Waals surface area contributed by atoms with E-state index in [0.717, 1.165) is 5.56 Å². The average Bonchev–Trinajstić information content (AvgIpc) is 2.42. The van der Waals surface area contributed by atoms with E-state index in [0.29, 0.717) is 12.2 Å². The summed E-state index contributed by atoms with van der Waals surface area (Å²) in [5, 5.41) is 0. The van der Waals surface area contributed by atoms with Crippen LogP contribution in [0.4, 0.5) is 11.4 Å². The van der Waals surface area contributed by atoms with Crippen LogP contribution >= 0.6 is 0 Å². The van der Waals surface area contributed by atoms with E-state index in [9.17, 15) is 8.42 Å². The van der Waals surface area contributed by atoms with Gasteiger partial charge in [-0.3, -0.25) is 9.29 Å². The largest absolute Gasteiger partial charge is 0.398 e. The highest BCUT2D eigenvalue weighted by Crippen LogP contribution is 2.28. The number of hydrogen-bond donors (Lipinski definition) is 1. The normalized spacial score (nSPS) is 11.3. The van der Waals surface area contributed by atoms with Crippen LogP contribution in [0, 0.1) is 6.92 Å². The van der Waals surface area contributed by atoms with Crippen molar-refractivity contribution in [2.75, 3.05) is 16.6 Å². The number of nitrogen functional groups attached to an aromatic ring is 1. The molecule has 1 heterocycles. The first-order valence-electron chi connectivity index (χ1n) is 6.26. The second-order valence-corrected chi connectivity index (χ2v) is 6.20. The van der Waals surface area contributed by atoms with Gasteiger partial charge in [0.2, 0.25) is 0 Å². The average molecular weight is 291 g/mol. The van der Waals surface area contributed by atoms with Crippen LogP contribution < -0.4 is 10.0 Å². The van der Waals surface area contributed by atoms with E-state index < -0.39 is 10.0 Å². The molecule has 0 saturated carbocycles. The van der Waals surface area contributed by atoms with Crippen LogP contribution in [0.3, 0.4) is 0 Å². The van der Waals surface area contributed by atoms with Crippen molar-refractivity contribution >= 4 is 21.4 Å². The Balaban J connectivity index is 2.58. The van der Waals surface area contributed by atoms with Crippen LogP contribution in [0.15, 0.2) is 47.6 Å². The zero-order valence-electron chi connectivity index (χ0n) is 11.4. The maximum Gasteiger partial charge on any atom is 0.267 e. The van der Waals surface area contributed by atoms with Gasteiger partial charge in [-0.25, -0.2) is 8.42 Å². The molecule has 0 aliphatic carbocycles. The SMILES string of the molecule is CCN(c1ccccc1C)S(=O)(=O)c1cnccc1N. The fraction of sp³-hybridized carbons (Fsp3) is 0.214. The molecule has 5 nitrogen and oxygen atoms in total. The van der Waals surface area contributed by atoms with Crippen molar-refractivity contribution in [3.63, 3.8) is 0 Å². The summed E-state index contributed by atoms with van der Waals surface area (Å²) >= 11 is 0. The Morgan fingerprint density at radius 1 is 1.25 bits per heavy atom. The maximum atomic E-state index is 12.7. The topological polar surface area (TPSA) is 76.3 Å². The van der Waals surface area contributed by atoms with E-state index in [1.54, 1.807) is 13.0 Å². The molecule has 0 spiro atoms. The molecule has 0 saturated heterocycles. The molecule has 0 unspecified atom stereocenters. The van der Waals surface area contributed by atoms with Crippen molar-refractivity contribution in [2.45, 2.75) is 18.7 Å². The Bertz CT molecular complexity index is 714. The Labute approximate surface area is 119 Å². The van der Waals surface area contributed by atoms with Crippen LogP contribution in [0.1, 0.15) is 12.5 Å². The molecule has 6 heteroatoms. The fourth-order valence-electron chi connectivity index (χ4n) is 2.04. The second-order valence-electron chi connectivity index (χ2n) is 4.37. The first kappa shape index (κ1) is 14.3. The minimum atomic E-state index is -3.71. The lowest BCUT2D eigenvalue weighted by atomic mass is 10.2. The lowest BCUT2D eigenvalue weighted by Gasteiger charge is -2.24. The fourth-order valence-corrected chi connectivity index (χ4v) is 3.64. The minimum absolute atomic E-state index is 0.0325. The molecule has 0 atom stereocenters. The standard InChI is InChI=1S/C14H17N3O2S/c1-3-17(13-7-5-4-6-11(13)2)20(18,19)14-10-16-9-8-12(14)15/h4-10H,3H2,1-2H3,(H2,15,16). The lowest BCUT2D eigenvalue weighted by Crippen LogP contribution is -2.32. The number of hydrogen-bond acceptors (Lipinski definition) is 4. The molecule has 1 aromatic heterocycles. The van der Waals surface area contributed by atoms with Crippen molar-refractivity contribution in [3.8, 4) is 0 Å². The highest BCUT2D eigenvalue weighted by atomic mass is 32.2. The highest BCUT2D eigenvalue weighted by Gasteiger charge is 2.26. The molecule has 0 radical (unpaired) electrons. The summed E-state index contributed by atoms with van der Waals surface area (Å²) in [5.41, 5.74) is 7.51. The third-order valence-electron chi connectivity index (χ3n) is 3.06. The summed E-state index contributed by atoms with van der Waals surface area (Å²) < 4.78 is 26.8. The van der Waals surface area contributed by atoms with Gasteiger partial charge in [0.05, 0.1) is 11.4 Å². The smallest absolute Gasteiger partial charge is 0.267 e. The molecular weight excluding hydrogens is 274 g/mol. The molecule has 1 aromatic carbocycles. The Morgan fingerprint density at radius 3 is 2.55 bits per heavy atom. The van der Waals surface area contributed by atoms with Crippen LogP contribution in [0.25, 0.3) is 0 Å². The number of aryl methyl sites for hydroxylation is 1. The number of aromatic nitrogens is 1. The number of benzene rings is 1. The van der Waals surface area contributed by atoms with E-state index in [2.05, 4.69) is 4.98 Å². The molecule has 106 valence electrons. The van der Waals surface area contributed by atoms with E-state index in [1.807, 2.05) is 25.1 Å². The highest BCUT2D eigenvalue weighted by molar-refractivity contribution is 7.93. The van der Waals surface area contributed by atoms with Gasteiger partial charge in [0.25, 0.3) is 10.0 Å². The molecule has 0 amide bonds. The third kappa shape index (κ3) is 2.46. The van der Waals surface area contributed by atoms with Gasteiger partial charge in [-0.15, -0.1) is 0 Å². The molecule has 0 bridgehead atoms. The predicted octanol–water partition coefficient (Wildman–Crippen LogP) is 2.19. The quantitative estimate of drug-likeness (QED) is 0.936. The Hall–Kier alpha value is -2.08. The molecule has 2 aromatic rings. The van der Waals surface area contributed by atoms with Crippen molar-refractivity contribution in [1.82, 2.24) is 4.98 Å². The van der Waals surface area contributed by atoms with Crippen molar-refractivity contribution in [1.29, 1.82) is 0 Å². The van der Waals surface area contributed by atoms with Gasteiger partial charge >= 0.3 is 0 Å². The summed E-state index contributed by atoms with van der Waals surface area (Å²) in [5.74, 6) is 0. The Kier molecular flexibility index (Phi) is 3.94. The first-order valence-corrected chi connectivity index (χ1v) is 7.70. The summed E-state index contributed by atoms with van der Waals surface area (Å²) in [6, 6.07) is 8.83.